The Morgan fingerprint density at radius 2 is 1.46 bits per heavy atom. The lowest BCUT2D eigenvalue weighted by atomic mass is 10.3. The largest absolute Gasteiger partial charge is 0.378 e. The first-order chi connectivity index (χ1) is 12.8. The Hall–Kier alpha value is -2.13. The molecule has 2 aromatic rings. The minimum atomic E-state index is 0.759. The van der Waals surface area contributed by atoms with Gasteiger partial charge in [-0.3, -0.25) is 0 Å². The van der Waals surface area contributed by atoms with E-state index in [4.69, 9.17) is 4.74 Å². The van der Waals surface area contributed by atoms with Crippen molar-refractivity contribution in [3.05, 3.63) is 24.7 Å². The third kappa shape index (κ3) is 3.83. The van der Waals surface area contributed by atoms with Crippen LogP contribution in [-0.2, 0) is 4.74 Å². The molecule has 8 nitrogen and oxygen atoms in total. The van der Waals surface area contributed by atoms with Crippen molar-refractivity contribution < 1.29 is 4.74 Å². The van der Waals surface area contributed by atoms with Gasteiger partial charge >= 0.3 is 0 Å². The zero-order valence-corrected chi connectivity index (χ0v) is 15.7. The normalized spacial score (nSPS) is 18.3. The molecular formula is C17H23N7OS. The number of thioether (sulfide) groups is 1. The molecule has 2 aliphatic heterocycles. The van der Waals surface area contributed by atoms with Gasteiger partial charge in [-0.25, -0.2) is 19.9 Å². The van der Waals surface area contributed by atoms with Gasteiger partial charge in [0.2, 0.25) is 0 Å². The third-order valence-electron chi connectivity index (χ3n) is 4.70. The topological polar surface area (TPSA) is 70.5 Å². The fraction of sp³-hybridized carbons (Fsp3) is 0.529. The number of rotatable bonds is 4. The molecule has 0 aliphatic carbocycles. The molecule has 9 heteroatoms. The van der Waals surface area contributed by atoms with Crippen LogP contribution in [0.4, 0.5) is 17.5 Å². The van der Waals surface area contributed by atoms with E-state index in [2.05, 4.69) is 40.7 Å². The van der Waals surface area contributed by atoms with Crippen molar-refractivity contribution in [2.24, 2.45) is 0 Å². The second kappa shape index (κ2) is 8.05. The predicted molar refractivity (Wildman–Crippen MR) is 103 cm³/mol. The van der Waals surface area contributed by atoms with Crippen LogP contribution in [0.5, 0.6) is 0 Å². The van der Waals surface area contributed by atoms with Crippen LogP contribution < -0.4 is 14.7 Å². The molecule has 0 N–H and O–H groups in total. The molecule has 0 spiro atoms. The predicted octanol–water partition coefficient (Wildman–Crippen LogP) is 1.15. The highest BCUT2D eigenvalue weighted by Gasteiger charge is 2.21. The number of ether oxygens (including phenoxy) is 1. The van der Waals surface area contributed by atoms with E-state index in [1.807, 2.05) is 18.5 Å². The number of anilines is 3. The molecule has 0 aromatic carbocycles. The minimum absolute atomic E-state index is 0.759. The van der Waals surface area contributed by atoms with Gasteiger partial charge in [-0.2, -0.15) is 0 Å². The fourth-order valence-electron chi connectivity index (χ4n) is 3.25. The van der Waals surface area contributed by atoms with E-state index in [0.717, 1.165) is 75.1 Å². The Balaban J connectivity index is 1.41. The lowest BCUT2D eigenvalue weighted by Gasteiger charge is -2.36. The zero-order valence-electron chi connectivity index (χ0n) is 14.9. The summed E-state index contributed by atoms with van der Waals surface area (Å²) in [6, 6.07) is 4.08. The monoisotopic (exact) mass is 373 g/mol. The number of piperazine rings is 1. The molecule has 0 saturated carbocycles. The summed E-state index contributed by atoms with van der Waals surface area (Å²) >= 11 is 1.57. The number of aromatic nitrogens is 4. The molecule has 2 aromatic heterocycles. The highest BCUT2D eigenvalue weighted by atomic mass is 32.2. The maximum Gasteiger partial charge on any atom is 0.189 e. The lowest BCUT2D eigenvalue weighted by Crippen LogP contribution is -2.47. The molecule has 2 aliphatic rings. The number of hydrogen-bond donors (Lipinski definition) is 0. The van der Waals surface area contributed by atoms with Gasteiger partial charge in [0.25, 0.3) is 0 Å². The van der Waals surface area contributed by atoms with Crippen molar-refractivity contribution in [3.63, 3.8) is 0 Å². The average Bonchev–Trinajstić information content (AvgIpc) is 2.75. The summed E-state index contributed by atoms with van der Waals surface area (Å²) in [6.07, 6.45) is 5.50. The van der Waals surface area contributed by atoms with Gasteiger partial charge in [0.1, 0.15) is 23.8 Å². The standard InChI is InChI=1S/C17H23N7OS/c1-26-17-18-3-2-14(21-17)22-4-6-23(7-5-22)15-12-16(20-13-19-15)24-8-10-25-11-9-24/h2-3,12-13H,4-11H2,1H3. The highest BCUT2D eigenvalue weighted by Crippen LogP contribution is 2.22. The SMILES string of the molecule is CSc1nccc(N2CCN(c3cc(N4CCOCC4)ncn3)CC2)n1. The van der Waals surface area contributed by atoms with Gasteiger partial charge in [0, 0.05) is 51.5 Å². The van der Waals surface area contributed by atoms with Gasteiger partial charge in [-0.05, 0) is 12.3 Å². The van der Waals surface area contributed by atoms with Crippen LogP contribution in [-0.4, -0.2) is 78.7 Å². The Morgan fingerprint density at radius 3 is 2.12 bits per heavy atom. The summed E-state index contributed by atoms with van der Waals surface area (Å²) in [5, 5.41) is 0.816. The number of morpholine rings is 1. The van der Waals surface area contributed by atoms with Crippen molar-refractivity contribution >= 4 is 29.2 Å². The summed E-state index contributed by atoms with van der Waals surface area (Å²) in [6.45, 7) is 6.95. The van der Waals surface area contributed by atoms with Crippen LogP contribution in [0.2, 0.25) is 0 Å². The maximum absolute atomic E-state index is 5.43. The molecule has 2 fully saturated rings. The van der Waals surface area contributed by atoms with Crippen LogP contribution >= 0.6 is 11.8 Å². The summed E-state index contributed by atoms with van der Waals surface area (Å²) in [5.74, 6) is 2.98. The summed E-state index contributed by atoms with van der Waals surface area (Å²) in [5.41, 5.74) is 0. The Labute approximate surface area is 157 Å². The van der Waals surface area contributed by atoms with E-state index in [0.29, 0.717) is 0 Å². The maximum atomic E-state index is 5.43. The van der Waals surface area contributed by atoms with Crippen LogP contribution in [0.25, 0.3) is 0 Å². The first kappa shape index (κ1) is 17.3. The van der Waals surface area contributed by atoms with Crippen molar-refractivity contribution in [1.29, 1.82) is 0 Å². The van der Waals surface area contributed by atoms with E-state index < -0.39 is 0 Å². The minimum Gasteiger partial charge on any atom is -0.378 e. The average molecular weight is 373 g/mol. The Bertz CT molecular complexity index is 733. The van der Waals surface area contributed by atoms with Crippen LogP contribution in [0, 0.1) is 0 Å². The smallest absolute Gasteiger partial charge is 0.189 e. The third-order valence-corrected chi connectivity index (χ3v) is 5.26. The first-order valence-corrected chi connectivity index (χ1v) is 10.1. The van der Waals surface area contributed by atoms with E-state index in [9.17, 15) is 0 Å². The molecule has 0 unspecified atom stereocenters. The first-order valence-electron chi connectivity index (χ1n) is 8.85. The van der Waals surface area contributed by atoms with Gasteiger partial charge in [0.05, 0.1) is 13.2 Å². The number of hydrogen-bond acceptors (Lipinski definition) is 9. The Kier molecular flexibility index (Phi) is 5.35. The molecular weight excluding hydrogens is 350 g/mol. The van der Waals surface area contributed by atoms with Gasteiger partial charge in [0.15, 0.2) is 5.16 Å². The van der Waals surface area contributed by atoms with E-state index in [-0.39, 0.29) is 0 Å². The second-order valence-corrected chi connectivity index (χ2v) is 6.98. The summed E-state index contributed by atoms with van der Waals surface area (Å²) in [7, 11) is 0. The fourth-order valence-corrected chi connectivity index (χ4v) is 3.60. The van der Waals surface area contributed by atoms with Gasteiger partial charge in [-0.15, -0.1) is 0 Å². The van der Waals surface area contributed by atoms with Crippen LogP contribution in [0.3, 0.4) is 0 Å². The van der Waals surface area contributed by atoms with Crippen molar-refractivity contribution in [2.45, 2.75) is 5.16 Å². The molecule has 138 valence electrons. The molecule has 0 bridgehead atoms. The van der Waals surface area contributed by atoms with Crippen molar-refractivity contribution in [1.82, 2.24) is 19.9 Å². The second-order valence-electron chi connectivity index (χ2n) is 6.21. The number of nitrogens with zero attached hydrogens (tertiary/aromatic N) is 7. The van der Waals surface area contributed by atoms with E-state index in [1.54, 1.807) is 18.1 Å². The summed E-state index contributed by atoms with van der Waals surface area (Å²) in [4.78, 5) is 24.7. The van der Waals surface area contributed by atoms with E-state index in [1.165, 1.54) is 0 Å². The van der Waals surface area contributed by atoms with Crippen molar-refractivity contribution in [3.8, 4) is 0 Å². The lowest BCUT2D eigenvalue weighted by molar-refractivity contribution is 0.122. The highest BCUT2D eigenvalue weighted by molar-refractivity contribution is 7.98. The Morgan fingerprint density at radius 1 is 0.846 bits per heavy atom. The van der Waals surface area contributed by atoms with Gasteiger partial charge < -0.3 is 19.4 Å². The van der Waals surface area contributed by atoms with E-state index >= 15 is 0 Å². The van der Waals surface area contributed by atoms with Crippen LogP contribution in [0.1, 0.15) is 0 Å². The molecule has 0 atom stereocenters. The molecule has 2 saturated heterocycles. The molecule has 0 amide bonds. The molecule has 4 rings (SSSR count). The van der Waals surface area contributed by atoms with Gasteiger partial charge in [-0.1, -0.05) is 11.8 Å². The quantitative estimate of drug-likeness (QED) is 0.580. The van der Waals surface area contributed by atoms with Crippen LogP contribution in [0.15, 0.2) is 29.8 Å². The molecule has 26 heavy (non-hydrogen) atoms. The summed E-state index contributed by atoms with van der Waals surface area (Å²) < 4.78 is 5.43. The van der Waals surface area contributed by atoms with Crippen molar-refractivity contribution in [2.75, 3.05) is 73.4 Å². The zero-order chi connectivity index (χ0) is 17.8. The molecule has 4 heterocycles. The molecule has 0 radical (unpaired) electrons.